The van der Waals surface area contributed by atoms with Crippen molar-refractivity contribution < 1.29 is 19.1 Å². The number of nitrogens with one attached hydrogen (secondary N) is 2. The highest BCUT2D eigenvalue weighted by Gasteiger charge is 2.30. The molecule has 6 nitrogen and oxygen atoms in total. The quantitative estimate of drug-likeness (QED) is 0.330. The van der Waals surface area contributed by atoms with Gasteiger partial charge in [-0.3, -0.25) is 14.9 Å². The van der Waals surface area contributed by atoms with Crippen molar-refractivity contribution in [1.29, 1.82) is 0 Å². The van der Waals surface area contributed by atoms with E-state index in [4.69, 9.17) is 9.47 Å². The molecule has 0 aliphatic carbocycles. The molecule has 0 aromatic heterocycles. The summed E-state index contributed by atoms with van der Waals surface area (Å²) in [4.78, 5) is 24.4. The lowest BCUT2D eigenvalue weighted by molar-refractivity contribution is -0.155. The first-order valence-electron chi connectivity index (χ1n) is 12.4. The molecule has 6 heteroatoms. The van der Waals surface area contributed by atoms with E-state index in [0.717, 1.165) is 5.56 Å². The molecule has 0 heterocycles. The van der Waals surface area contributed by atoms with Gasteiger partial charge in [0.05, 0.1) is 6.54 Å². The van der Waals surface area contributed by atoms with Gasteiger partial charge in [0.15, 0.2) is 5.60 Å². The molecule has 0 saturated heterocycles. The molecule has 3 rings (SSSR count). The largest absolute Gasteiger partial charge is 0.478 e. The van der Waals surface area contributed by atoms with E-state index in [-0.39, 0.29) is 12.6 Å². The number of fused-ring (bicyclic) bond motifs is 1. The first-order chi connectivity index (χ1) is 17.4. The van der Waals surface area contributed by atoms with Gasteiger partial charge in [-0.15, -0.1) is 0 Å². The number of rotatable bonds is 8. The van der Waals surface area contributed by atoms with Crippen LogP contribution in [0.15, 0.2) is 66.7 Å². The highest BCUT2D eigenvalue weighted by atomic mass is 16.6. The first-order valence-corrected chi connectivity index (χ1v) is 12.4. The van der Waals surface area contributed by atoms with Crippen LogP contribution < -0.4 is 15.4 Å². The summed E-state index contributed by atoms with van der Waals surface area (Å²) in [6.45, 7) is 11.1. The average Bonchev–Trinajstić information content (AvgIpc) is 2.84. The number of hydrogen-bond acceptors (Lipinski definition) is 5. The Labute approximate surface area is 219 Å². The van der Waals surface area contributed by atoms with Crippen LogP contribution in [0.3, 0.4) is 0 Å². The third-order valence-corrected chi connectivity index (χ3v) is 5.61. The Morgan fingerprint density at radius 1 is 0.919 bits per heavy atom. The molecule has 194 valence electrons. The normalized spacial score (nSPS) is 12.3. The lowest BCUT2D eigenvalue weighted by Gasteiger charge is -2.25. The van der Waals surface area contributed by atoms with Crippen molar-refractivity contribution in [2.45, 2.75) is 58.8 Å². The maximum atomic E-state index is 12.5. The van der Waals surface area contributed by atoms with Crippen LogP contribution in [0.1, 0.15) is 58.7 Å². The molecule has 0 aliphatic heterocycles. The lowest BCUT2D eigenvalue weighted by Crippen LogP contribution is -2.48. The van der Waals surface area contributed by atoms with E-state index in [0.29, 0.717) is 12.3 Å². The summed E-state index contributed by atoms with van der Waals surface area (Å²) in [6.07, 6.45) is 0. The van der Waals surface area contributed by atoms with Crippen LogP contribution in [0.2, 0.25) is 0 Å². The predicted molar refractivity (Wildman–Crippen MR) is 147 cm³/mol. The van der Waals surface area contributed by atoms with Crippen LogP contribution in [0, 0.1) is 11.8 Å². The molecule has 0 unspecified atom stereocenters. The van der Waals surface area contributed by atoms with Crippen molar-refractivity contribution in [2.75, 3.05) is 13.1 Å². The van der Waals surface area contributed by atoms with Gasteiger partial charge < -0.3 is 14.8 Å². The summed E-state index contributed by atoms with van der Waals surface area (Å²) < 4.78 is 11.1. The van der Waals surface area contributed by atoms with E-state index in [1.807, 2.05) is 12.1 Å². The van der Waals surface area contributed by atoms with E-state index in [9.17, 15) is 9.59 Å². The number of carbonyl (C=O) groups excluding carboxylic acids is 2. The third kappa shape index (κ3) is 8.37. The molecule has 3 aromatic rings. The summed E-state index contributed by atoms with van der Waals surface area (Å²) >= 11 is 0. The Morgan fingerprint density at radius 3 is 2.30 bits per heavy atom. The van der Waals surface area contributed by atoms with E-state index < -0.39 is 23.1 Å². The number of esters is 1. The molecule has 37 heavy (non-hydrogen) atoms. The van der Waals surface area contributed by atoms with Crippen LogP contribution in [-0.4, -0.2) is 36.2 Å². The zero-order valence-corrected chi connectivity index (χ0v) is 22.5. The average molecular weight is 501 g/mol. The van der Waals surface area contributed by atoms with Crippen LogP contribution in [0.4, 0.5) is 0 Å². The van der Waals surface area contributed by atoms with Gasteiger partial charge in [0.2, 0.25) is 0 Å². The maximum absolute atomic E-state index is 12.5. The zero-order valence-electron chi connectivity index (χ0n) is 22.5. The fourth-order valence-electron chi connectivity index (χ4n) is 3.78. The minimum Gasteiger partial charge on any atom is -0.478 e. The molecule has 1 amide bonds. The van der Waals surface area contributed by atoms with E-state index in [2.05, 4.69) is 71.9 Å². The van der Waals surface area contributed by atoms with Gasteiger partial charge in [-0.05, 0) is 82.1 Å². The van der Waals surface area contributed by atoms with Crippen molar-refractivity contribution in [1.82, 2.24) is 10.6 Å². The van der Waals surface area contributed by atoms with E-state index in [1.54, 1.807) is 46.8 Å². The van der Waals surface area contributed by atoms with Gasteiger partial charge in [0, 0.05) is 11.6 Å². The monoisotopic (exact) mass is 500 g/mol. The Morgan fingerprint density at radius 2 is 1.59 bits per heavy atom. The second-order valence-corrected chi connectivity index (χ2v) is 10.4. The standard InChI is InChI=1S/C31H36N2O4/c1-22(26-15-9-13-24-12-7-8-14-27(24)26)32-20-10-11-23-16-18-25(19-17-23)36-31(5,6)29(35)33-21-28(34)37-30(2,3)4/h7-9,12-19,22,32H,20-21H2,1-6H3,(H,33,35)/t22-/m1/s1. The summed E-state index contributed by atoms with van der Waals surface area (Å²) in [5.41, 5.74) is 0.318. The molecular formula is C31H36N2O4. The van der Waals surface area contributed by atoms with Crippen molar-refractivity contribution in [3.05, 3.63) is 77.9 Å². The third-order valence-electron chi connectivity index (χ3n) is 5.61. The minimum atomic E-state index is -1.17. The number of ether oxygens (including phenoxy) is 2. The Kier molecular flexibility index (Phi) is 8.96. The second kappa shape index (κ2) is 11.9. The van der Waals surface area contributed by atoms with Gasteiger partial charge in [0.1, 0.15) is 17.9 Å². The summed E-state index contributed by atoms with van der Waals surface area (Å²) in [5.74, 6) is 5.95. The van der Waals surface area contributed by atoms with Gasteiger partial charge in [-0.1, -0.05) is 54.3 Å². The van der Waals surface area contributed by atoms with Crippen molar-refractivity contribution >= 4 is 22.6 Å². The molecule has 0 bridgehead atoms. The van der Waals surface area contributed by atoms with Crippen LogP contribution in [-0.2, 0) is 14.3 Å². The number of benzene rings is 3. The highest BCUT2D eigenvalue weighted by molar-refractivity contribution is 5.88. The second-order valence-electron chi connectivity index (χ2n) is 10.4. The Bertz CT molecular complexity index is 1290. The molecule has 1 atom stereocenters. The first kappa shape index (κ1) is 27.8. The van der Waals surface area contributed by atoms with Gasteiger partial charge in [0.25, 0.3) is 5.91 Å². The molecule has 0 saturated carbocycles. The molecule has 0 radical (unpaired) electrons. The number of amides is 1. The molecule has 3 aromatic carbocycles. The van der Waals surface area contributed by atoms with Crippen LogP contribution >= 0.6 is 0 Å². The molecule has 0 aliphatic rings. The predicted octanol–water partition coefficient (Wildman–Crippen LogP) is 5.16. The Hall–Kier alpha value is -3.82. The molecule has 0 spiro atoms. The minimum absolute atomic E-state index is 0.167. The Balaban J connectivity index is 1.50. The fraction of sp³-hybridized carbons (Fsp3) is 0.355. The van der Waals surface area contributed by atoms with Crippen molar-refractivity contribution in [2.24, 2.45) is 0 Å². The number of carbonyl (C=O) groups is 2. The zero-order chi connectivity index (χ0) is 27.1. The van der Waals surface area contributed by atoms with Gasteiger partial charge in [-0.25, -0.2) is 0 Å². The summed E-state index contributed by atoms with van der Waals surface area (Å²) in [5, 5.41) is 8.52. The lowest BCUT2D eigenvalue weighted by atomic mass is 10.00. The van der Waals surface area contributed by atoms with Crippen LogP contribution in [0.5, 0.6) is 5.75 Å². The fourth-order valence-corrected chi connectivity index (χ4v) is 3.78. The highest BCUT2D eigenvalue weighted by Crippen LogP contribution is 2.24. The number of hydrogen-bond donors (Lipinski definition) is 2. The van der Waals surface area contributed by atoms with Gasteiger partial charge >= 0.3 is 5.97 Å². The van der Waals surface area contributed by atoms with Crippen molar-refractivity contribution in [3.8, 4) is 17.6 Å². The summed E-state index contributed by atoms with van der Waals surface area (Å²) in [7, 11) is 0. The van der Waals surface area contributed by atoms with Gasteiger partial charge in [-0.2, -0.15) is 0 Å². The van der Waals surface area contributed by atoms with E-state index >= 15 is 0 Å². The maximum Gasteiger partial charge on any atom is 0.325 e. The smallest absolute Gasteiger partial charge is 0.325 e. The molecule has 2 N–H and O–H groups in total. The molecular weight excluding hydrogens is 464 g/mol. The summed E-state index contributed by atoms with van der Waals surface area (Å²) in [6, 6.07) is 22.1. The SMILES string of the molecule is C[C@@H](NCC#Cc1ccc(OC(C)(C)C(=O)NCC(=O)OC(C)(C)C)cc1)c1cccc2ccccc12. The van der Waals surface area contributed by atoms with Crippen molar-refractivity contribution in [3.63, 3.8) is 0 Å². The van der Waals surface area contributed by atoms with Crippen LogP contribution in [0.25, 0.3) is 10.8 Å². The topological polar surface area (TPSA) is 76.7 Å². The van der Waals surface area contributed by atoms with E-state index in [1.165, 1.54) is 16.3 Å². The molecule has 0 fully saturated rings.